The number of para-hydroxylation sites is 2. The Kier molecular flexibility index (Phi) is 7.68. The van der Waals surface area contributed by atoms with E-state index in [1.165, 1.54) is 20.2 Å². The Labute approximate surface area is 346 Å². The molecule has 5 heteroatoms. The van der Waals surface area contributed by atoms with Gasteiger partial charge in [0.1, 0.15) is 0 Å². The van der Waals surface area contributed by atoms with Crippen molar-refractivity contribution >= 4 is 93.4 Å². The summed E-state index contributed by atoms with van der Waals surface area (Å²) in [7, 11) is -3.21. The molecule has 3 heterocycles. The number of anilines is 3. The van der Waals surface area contributed by atoms with E-state index in [0.29, 0.717) is 0 Å². The van der Waals surface area contributed by atoms with Crippen LogP contribution in [0.1, 0.15) is 0 Å². The monoisotopic (exact) mass is 790 g/mol. The van der Waals surface area contributed by atoms with Crippen LogP contribution in [0, 0.1) is 0 Å². The van der Waals surface area contributed by atoms with Gasteiger partial charge in [0.2, 0.25) is 0 Å². The van der Waals surface area contributed by atoms with E-state index in [4.69, 9.17) is 0 Å². The van der Waals surface area contributed by atoms with Gasteiger partial charge in [-0.25, -0.2) is 0 Å². The molecule has 0 saturated carbocycles. The fourth-order valence-electron chi connectivity index (χ4n) is 9.33. The van der Waals surface area contributed by atoms with Crippen LogP contribution in [0.5, 0.6) is 0 Å². The second kappa shape index (κ2) is 13.3. The zero-order valence-electron chi connectivity index (χ0n) is 31.9. The summed E-state index contributed by atoms with van der Waals surface area (Å²) >= 11 is 1.84. The SMILES string of the molecule is O=P1(c2ccccc2)c2ccccc2-c2ccc3c4ccccc4n(-c4ccc(-c5ccc(N(c6ccccc6)c6ccc7c(c6)sc6ccccc67)cc5)cc4)c3c21. The molecule has 0 aliphatic carbocycles. The molecule has 11 aromatic rings. The molecule has 0 amide bonds. The molecule has 278 valence electrons. The van der Waals surface area contributed by atoms with E-state index in [0.717, 1.165) is 82.7 Å². The Hall–Kier alpha value is -6.97. The highest BCUT2D eigenvalue weighted by atomic mass is 32.1. The van der Waals surface area contributed by atoms with Crippen LogP contribution in [0.2, 0.25) is 0 Å². The molecule has 1 unspecified atom stereocenters. The fraction of sp³-hybridized carbons (Fsp3) is 0. The Bertz CT molecular complexity index is 3460. The number of rotatable bonds is 6. The molecule has 9 aromatic carbocycles. The Balaban J connectivity index is 0.961. The summed E-state index contributed by atoms with van der Waals surface area (Å²) in [5.74, 6) is 0. The summed E-state index contributed by atoms with van der Waals surface area (Å²) in [4.78, 5) is 2.34. The molecule has 1 aliphatic heterocycles. The van der Waals surface area contributed by atoms with E-state index in [9.17, 15) is 0 Å². The third-order valence-corrected chi connectivity index (χ3v) is 16.3. The highest BCUT2D eigenvalue weighted by Gasteiger charge is 2.42. The zero-order chi connectivity index (χ0) is 39.1. The smallest absolute Gasteiger partial charge is 0.174 e. The number of aromatic nitrogens is 1. The molecule has 12 rings (SSSR count). The molecule has 0 N–H and O–H groups in total. The van der Waals surface area contributed by atoms with Crippen LogP contribution in [0.15, 0.2) is 212 Å². The van der Waals surface area contributed by atoms with E-state index >= 15 is 4.57 Å². The van der Waals surface area contributed by atoms with Crippen molar-refractivity contribution in [2.45, 2.75) is 0 Å². The molecule has 1 atom stereocenters. The third kappa shape index (κ3) is 5.17. The Morgan fingerprint density at radius 1 is 0.441 bits per heavy atom. The second-order valence-corrected chi connectivity index (χ2v) is 19.0. The molecule has 0 saturated heterocycles. The zero-order valence-corrected chi connectivity index (χ0v) is 33.6. The maximum absolute atomic E-state index is 15.9. The topological polar surface area (TPSA) is 25.2 Å². The lowest BCUT2D eigenvalue weighted by molar-refractivity contribution is 0.593. The number of benzene rings is 9. The lowest BCUT2D eigenvalue weighted by Crippen LogP contribution is -2.22. The number of thiophene rings is 1. The predicted molar refractivity (Wildman–Crippen MR) is 252 cm³/mol. The molecule has 0 radical (unpaired) electrons. The first-order valence-corrected chi connectivity index (χ1v) is 22.5. The van der Waals surface area contributed by atoms with Crippen LogP contribution in [0.25, 0.3) is 69.9 Å². The molecule has 2 aromatic heterocycles. The van der Waals surface area contributed by atoms with E-state index in [1.807, 2.05) is 47.7 Å². The van der Waals surface area contributed by atoms with E-state index in [2.05, 4.69) is 185 Å². The van der Waals surface area contributed by atoms with Crippen LogP contribution in [0.4, 0.5) is 17.1 Å². The number of fused-ring (bicyclic) bond motifs is 10. The minimum absolute atomic E-state index is 0.862. The summed E-state index contributed by atoms with van der Waals surface area (Å²) in [6, 6.07) is 75.1. The van der Waals surface area contributed by atoms with E-state index in [1.54, 1.807) is 0 Å². The number of hydrogen-bond acceptors (Lipinski definition) is 3. The van der Waals surface area contributed by atoms with Gasteiger partial charge in [0.05, 0.1) is 16.3 Å². The Morgan fingerprint density at radius 3 is 1.83 bits per heavy atom. The molecular weight excluding hydrogens is 756 g/mol. The summed E-state index contributed by atoms with van der Waals surface area (Å²) in [5, 5.41) is 7.55. The van der Waals surface area contributed by atoms with Crippen molar-refractivity contribution in [1.82, 2.24) is 4.57 Å². The van der Waals surface area contributed by atoms with Gasteiger partial charge in [-0.05, 0) is 82.9 Å². The van der Waals surface area contributed by atoms with Gasteiger partial charge >= 0.3 is 0 Å². The van der Waals surface area contributed by atoms with Crippen molar-refractivity contribution in [2.24, 2.45) is 0 Å². The summed E-state index contributed by atoms with van der Waals surface area (Å²) < 4.78 is 20.8. The van der Waals surface area contributed by atoms with Gasteiger partial charge in [-0.3, -0.25) is 0 Å². The van der Waals surface area contributed by atoms with Crippen LogP contribution >= 0.6 is 18.5 Å². The van der Waals surface area contributed by atoms with E-state index < -0.39 is 7.14 Å². The van der Waals surface area contributed by atoms with Crippen LogP contribution in [-0.4, -0.2) is 4.57 Å². The van der Waals surface area contributed by atoms with E-state index in [-0.39, 0.29) is 0 Å². The lowest BCUT2D eigenvalue weighted by Gasteiger charge is -2.25. The van der Waals surface area contributed by atoms with Crippen molar-refractivity contribution in [3.05, 3.63) is 212 Å². The maximum Gasteiger partial charge on any atom is 0.174 e. The van der Waals surface area contributed by atoms with Crippen LogP contribution in [0.3, 0.4) is 0 Å². The van der Waals surface area contributed by atoms with Gasteiger partial charge in [-0.2, -0.15) is 0 Å². The molecule has 1 aliphatic rings. The largest absolute Gasteiger partial charge is 0.310 e. The number of hydrogen-bond donors (Lipinski definition) is 0. The standard InChI is InChI=1S/C54H35N2OPS/c57-58(42-15-5-2-6-16-42)50-21-11-8-18-44(50)48-34-33-47-43-17-7-10-20-49(43)56(53(47)54(48)58)40-29-25-37(26-30-40)36-23-27-39(28-24-36)55(38-13-3-1-4-14-38)41-31-32-46-45-19-9-12-22-51(45)59-52(46)35-41/h1-35H. The Morgan fingerprint density at radius 2 is 1.03 bits per heavy atom. The third-order valence-electron chi connectivity index (χ3n) is 12.0. The highest BCUT2D eigenvalue weighted by molar-refractivity contribution is 7.86. The minimum atomic E-state index is -3.21. The quantitative estimate of drug-likeness (QED) is 0.157. The molecule has 3 nitrogen and oxygen atoms in total. The van der Waals surface area contributed by atoms with Crippen molar-refractivity contribution < 1.29 is 4.57 Å². The molecular formula is C54H35N2OPS. The van der Waals surface area contributed by atoms with Crippen molar-refractivity contribution in [1.29, 1.82) is 0 Å². The highest BCUT2D eigenvalue weighted by Crippen LogP contribution is 2.55. The fourth-order valence-corrected chi connectivity index (χ4v) is 13.7. The average Bonchev–Trinajstić information content (AvgIpc) is 3.93. The summed E-state index contributed by atoms with van der Waals surface area (Å²) in [5.41, 5.74) is 10.9. The predicted octanol–water partition coefficient (Wildman–Crippen LogP) is 13.9. The van der Waals surface area contributed by atoms with Gasteiger partial charge < -0.3 is 14.0 Å². The normalized spacial score (nSPS) is 14.6. The van der Waals surface area contributed by atoms with Crippen molar-refractivity contribution in [2.75, 3.05) is 4.90 Å². The first-order chi connectivity index (χ1) is 29.1. The molecule has 59 heavy (non-hydrogen) atoms. The summed E-state index contributed by atoms with van der Waals surface area (Å²) in [6.45, 7) is 0. The molecule has 0 spiro atoms. The summed E-state index contributed by atoms with van der Waals surface area (Å²) in [6.07, 6.45) is 0. The lowest BCUT2D eigenvalue weighted by atomic mass is 10.0. The van der Waals surface area contributed by atoms with Crippen molar-refractivity contribution in [3.63, 3.8) is 0 Å². The molecule has 0 fully saturated rings. The van der Waals surface area contributed by atoms with Crippen LogP contribution in [-0.2, 0) is 4.57 Å². The maximum atomic E-state index is 15.9. The first kappa shape index (κ1) is 34.1. The van der Waals surface area contributed by atoms with Crippen LogP contribution < -0.4 is 20.8 Å². The first-order valence-electron chi connectivity index (χ1n) is 19.9. The average molecular weight is 791 g/mol. The van der Waals surface area contributed by atoms with Crippen molar-refractivity contribution in [3.8, 4) is 27.9 Å². The second-order valence-electron chi connectivity index (χ2n) is 15.2. The molecule has 0 bridgehead atoms. The number of nitrogens with zero attached hydrogens (tertiary/aromatic N) is 2. The van der Waals surface area contributed by atoms with Gasteiger partial charge in [0.25, 0.3) is 0 Å². The van der Waals surface area contributed by atoms with Gasteiger partial charge in [0.15, 0.2) is 7.14 Å². The minimum Gasteiger partial charge on any atom is -0.310 e. The van der Waals surface area contributed by atoms with Gasteiger partial charge in [-0.15, -0.1) is 11.3 Å². The van der Waals surface area contributed by atoms with Gasteiger partial charge in [-0.1, -0.05) is 152 Å². The van der Waals surface area contributed by atoms with Gasteiger partial charge in [0, 0.05) is 64.3 Å².